The number of fused-ring (bicyclic) bond motifs is 1. The van der Waals surface area contributed by atoms with Crippen LogP contribution in [0.25, 0.3) is 21.9 Å². The van der Waals surface area contributed by atoms with Gasteiger partial charge in [-0.1, -0.05) is 30.3 Å². The molecule has 3 aromatic rings. The second-order valence-electron chi connectivity index (χ2n) is 6.91. The molecule has 0 radical (unpaired) electrons. The zero-order chi connectivity index (χ0) is 16.4. The Morgan fingerprint density at radius 1 is 0.958 bits per heavy atom. The van der Waals surface area contributed by atoms with Crippen LogP contribution in [0.3, 0.4) is 0 Å². The molecular weight excluding hydrogens is 292 g/mol. The minimum atomic E-state index is 0.758. The topological polar surface area (TPSA) is 16.1 Å². The van der Waals surface area contributed by atoms with Crippen LogP contribution in [0.1, 0.15) is 25.3 Å². The SMILES string of the molecule is C[C@@H]1CCCN1CCc1ccc2cc(-c3ccncc3)ccc2c1. The number of pyridine rings is 1. The summed E-state index contributed by atoms with van der Waals surface area (Å²) in [6.45, 7) is 4.81. The van der Waals surface area contributed by atoms with E-state index in [0.29, 0.717) is 0 Å². The highest BCUT2D eigenvalue weighted by Gasteiger charge is 2.19. The quantitative estimate of drug-likeness (QED) is 0.678. The van der Waals surface area contributed by atoms with E-state index < -0.39 is 0 Å². The van der Waals surface area contributed by atoms with Crippen molar-refractivity contribution in [2.24, 2.45) is 0 Å². The molecule has 0 amide bonds. The molecule has 122 valence electrons. The second-order valence-corrected chi connectivity index (χ2v) is 6.91. The Bertz CT molecular complexity index is 826. The molecule has 2 heteroatoms. The normalized spacial score (nSPS) is 18.3. The summed E-state index contributed by atoms with van der Waals surface area (Å²) >= 11 is 0. The third kappa shape index (κ3) is 3.20. The molecule has 1 fully saturated rings. The van der Waals surface area contributed by atoms with Gasteiger partial charge in [0.25, 0.3) is 0 Å². The van der Waals surface area contributed by atoms with Crippen molar-refractivity contribution in [3.05, 3.63) is 66.5 Å². The van der Waals surface area contributed by atoms with Crippen LogP contribution in [0.5, 0.6) is 0 Å². The van der Waals surface area contributed by atoms with Crippen molar-refractivity contribution < 1.29 is 0 Å². The Kier molecular flexibility index (Phi) is 4.31. The molecule has 24 heavy (non-hydrogen) atoms. The van der Waals surface area contributed by atoms with E-state index in [1.54, 1.807) is 0 Å². The van der Waals surface area contributed by atoms with Gasteiger partial charge in [0, 0.05) is 25.0 Å². The summed E-state index contributed by atoms with van der Waals surface area (Å²) in [5, 5.41) is 2.64. The summed E-state index contributed by atoms with van der Waals surface area (Å²) in [5.41, 5.74) is 3.92. The van der Waals surface area contributed by atoms with Crippen LogP contribution in [0.4, 0.5) is 0 Å². The number of nitrogens with zero attached hydrogens (tertiary/aromatic N) is 2. The van der Waals surface area contributed by atoms with Gasteiger partial charge in [-0.15, -0.1) is 0 Å². The highest BCUT2D eigenvalue weighted by Crippen LogP contribution is 2.25. The molecule has 1 saturated heterocycles. The fourth-order valence-corrected chi connectivity index (χ4v) is 3.77. The zero-order valence-corrected chi connectivity index (χ0v) is 14.3. The molecule has 0 unspecified atom stereocenters. The third-order valence-corrected chi connectivity index (χ3v) is 5.30. The molecule has 1 aromatic heterocycles. The lowest BCUT2D eigenvalue weighted by atomic mass is 10.00. The predicted molar refractivity (Wildman–Crippen MR) is 101 cm³/mol. The number of hydrogen-bond donors (Lipinski definition) is 0. The van der Waals surface area contributed by atoms with E-state index in [1.165, 1.54) is 53.4 Å². The predicted octanol–water partition coefficient (Wildman–Crippen LogP) is 4.93. The standard InChI is InChI=1S/C22H24N2/c1-17-3-2-13-24(17)14-10-18-4-5-22-16-21(7-6-20(22)15-18)19-8-11-23-12-9-19/h4-9,11-12,15-17H,2-3,10,13-14H2,1H3/t17-/m1/s1. The molecule has 1 atom stereocenters. The van der Waals surface area contributed by atoms with Crippen molar-refractivity contribution in [1.29, 1.82) is 0 Å². The molecule has 0 saturated carbocycles. The number of rotatable bonds is 4. The van der Waals surface area contributed by atoms with E-state index in [4.69, 9.17) is 0 Å². The fraction of sp³-hybridized carbons (Fsp3) is 0.318. The van der Waals surface area contributed by atoms with Crippen molar-refractivity contribution in [2.45, 2.75) is 32.2 Å². The molecule has 2 heterocycles. The average Bonchev–Trinajstić information content (AvgIpc) is 3.05. The Morgan fingerprint density at radius 2 is 1.75 bits per heavy atom. The van der Waals surface area contributed by atoms with E-state index in [0.717, 1.165) is 12.5 Å². The van der Waals surface area contributed by atoms with Crippen molar-refractivity contribution in [1.82, 2.24) is 9.88 Å². The van der Waals surface area contributed by atoms with Crippen molar-refractivity contribution >= 4 is 10.8 Å². The molecule has 1 aliphatic heterocycles. The maximum Gasteiger partial charge on any atom is 0.0273 e. The van der Waals surface area contributed by atoms with Gasteiger partial charge >= 0.3 is 0 Å². The van der Waals surface area contributed by atoms with Crippen LogP contribution in [0.15, 0.2) is 60.9 Å². The van der Waals surface area contributed by atoms with Gasteiger partial charge in [-0.2, -0.15) is 0 Å². The van der Waals surface area contributed by atoms with Gasteiger partial charge in [-0.25, -0.2) is 0 Å². The highest BCUT2D eigenvalue weighted by atomic mass is 15.2. The van der Waals surface area contributed by atoms with Gasteiger partial charge in [0.1, 0.15) is 0 Å². The molecule has 0 N–H and O–H groups in total. The Hall–Kier alpha value is -2.19. The molecule has 2 nitrogen and oxygen atoms in total. The highest BCUT2D eigenvalue weighted by molar-refractivity contribution is 5.87. The first-order valence-electron chi connectivity index (χ1n) is 8.97. The van der Waals surface area contributed by atoms with Crippen LogP contribution < -0.4 is 0 Å². The van der Waals surface area contributed by atoms with Crippen molar-refractivity contribution in [3.8, 4) is 11.1 Å². The van der Waals surface area contributed by atoms with Gasteiger partial charge in [-0.3, -0.25) is 4.98 Å². The van der Waals surface area contributed by atoms with Crippen molar-refractivity contribution in [3.63, 3.8) is 0 Å². The number of likely N-dealkylation sites (tertiary alicyclic amines) is 1. The first kappa shape index (κ1) is 15.3. The molecule has 4 rings (SSSR count). The van der Waals surface area contributed by atoms with Gasteiger partial charge in [0.15, 0.2) is 0 Å². The Morgan fingerprint density at radius 3 is 2.54 bits per heavy atom. The average molecular weight is 316 g/mol. The van der Waals surface area contributed by atoms with Gasteiger partial charge < -0.3 is 4.90 Å². The molecule has 0 aliphatic carbocycles. The molecule has 0 spiro atoms. The van der Waals surface area contributed by atoms with Gasteiger partial charge in [0.2, 0.25) is 0 Å². The minimum Gasteiger partial charge on any atom is -0.300 e. The molecular formula is C22H24N2. The first-order valence-corrected chi connectivity index (χ1v) is 8.97. The summed E-state index contributed by atoms with van der Waals surface area (Å²) in [6, 6.07) is 18.5. The first-order chi connectivity index (χ1) is 11.8. The smallest absolute Gasteiger partial charge is 0.0273 e. The largest absolute Gasteiger partial charge is 0.300 e. The summed E-state index contributed by atoms with van der Waals surface area (Å²) in [5.74, 6) is 0. The van der Waals surface area contributed by atoms with E-state index in [-0.39, 0.29) is 0 Å². The lowest BCUT2D eigenvalue weighted by Gasteiger charge is -2.20. The summed E-state index contributed by atoms with van der Waals surface area (Å²) in [4.78, 5) is 6.72. The third-order valence-electron chi connectivity index (χ3n) is 5.30. The summed E-state index contributed by atoms with van der Waals surface area (Å²) in [6.07, 6.45) is 7.56. The maximum absolute atomic E-state index is 4.10. The monoisotopic (exact) mass is 316 g/mol. The van der Waals surface area contributed by atoms with E-state index in [9.17, 15) is 0 Å². The van der Waals surface area contributed by atoms with Crippen LogP contribution in [0.2, 0.25) is 0 Å². The Labute approximate surface area is 144 Å². The summed E-state index contributed by atoms with van der Waals surface area (Å²) < 4.78 is 0. The second kappa shape index (κ2) is 6.74. The van der Waals surface area contributed by atoms with E-state index in [1.807, 2.05) is 12.4 Å². The summed E-state index contributed by atoms with van der Waals surface area (Å²) in [7, 11) is 0. The van der Waals surface area contributed by atoms with E-state index >= 15 is 0 Å². The minimum absolute atomic E-state index is 0.758. The van der Waals surface area contributed by atoms with Crippen LogP contribution >= 0.6 is 0 Å². The van der Waals surface area contributed by atoms with Crippen LogP contribution in [-0.4, -0.2) is 29.0 Å². The lowest BCUT2D eigenvalue weighted by Crippen LogP contribution is -2.28. The van der Waals surface area contributed by atoms with Crippen LogP contribution in [0, 0.1) is 0 Å². The maximum atomic E-state index is 4.10. The number of benzene rings is 2. The van der Waals surface area contributed by atoms with Gasteiger partial charge in [0.05, 0.1) is 0 Å². The van der Waals surface area contributed by atoms with Gasteiger partial charge in [-0.05, 0) is 78.4 Å². The molecule has 0 bridgehead atoms. The van der Waals surface area contributed by atoms with Crippen LogP contribution in [-0.2, 0) is 6.42 Å². The number of hydrogen-bond acceptors (Lipinski definition) is 2. The lowest BCUT2D eigenvalue weighted by molar-refractivity contribution is 0.272. The molecule has 2 aromatic carbocycles. The number of aromatic nitrogens is 1. The molecule has 1 aliphatic rings. The van der Waals surface area contributed by atoms with E-state index in [2.05, 4.69) is 65.3 Å². The zero-order valence-electron chi connectivity index (χ0n) is 14.3. The fourth-order valence-electron chi connectivity index (χ4n) is 3.77. The Balaban J connectivity index is 1.53. The van der Waals surface area contributed by atoms with Crippen molar-refractivity contribution in [2.75, 3.05) is 13.1 Å².